The van der Waals surface area contributed by atoms with E-state index in [-0.39, 0.29) is 48.6 Å². The summed E-state index contributed by atoms with van der Waals surface area (Å²) in [5.41, 5.74) is -1.46. The highest BCUT2D eigenvalue weighted by atomic mass is 16.3. The van der Waals surface area contributed by atoms with Crippen LogP contribution < -0.4 is 0 Å². The van der Waals surface area contributed by atoms with Crippen LogP contribution in [0.25, 0.3) is 0 Å². The van der Waals surface area contributed by atoms with E-state index in [1.54, 1.807) is 6.07 Å². The van der Waals surface area contributed by atoms with Crippen LogP contribution in [-0.4, -0.2) is 82.5 Å². The Labute approximate surface area is 223 Å². The van der Waals surface area contributed by atoms with E-state index in [0.29, 0.717) is 18.4 Å². The number of aromatic hydroxyl groups is 1. The number of rotatable bonds is 10. The van der Waals surface area contributed by atoms with Crippen molar-refractivity contribution in [3.05, 3.63) is 64.6 Å². The SMILES string of the molecule is CC(C)=CCCC(C)(O)C(O)CCC(C)(O)C(O)CN1C(=O)c2cccc(O)c2CC2C(O)=CC(O)=CC21. The van der Waals surface area contributed by atoms with Gasteiger partial charge in [0.25, 0.3) is 5.91 Å². The molecule has 1 aliphatic carbocycles. The molecule has 6 unspecified atom stereocenters. The van der Waals surface area contributed by atoms with Crippen molar-refractivity contribution >= 4 is 5.91 Å². The van der Waals surface area contributed by atoms with Crippen LogP contribution in [-0.2, 0) is 6.42 Å². The van der Waals surface area contributed by atoms with Gasteiger partial charge in [0.15, 0.2) is 0 Å². The fourth-order valence-electron chi connectivity index (χ4n) is 5.12. The summed E-state index contributed by atoms with van der Waals surface area (Å²) in [4.78, 5) is 14.9. The van der Waals surface area contributed by atoms with Crippen LogP contribution in [0.15, 0.2) is 53.5 Å². The summed E-state index contributed by atoms with van der Waals surface area (Å²) in [7, 11) is 0. The highest BCUT2D eigenvalue weighted by Crippen LogP contribution is 2.38. The van der Waals surface area contributed by atoms with Gasteiger partial charge in [-0.1, -0.05) is 17.7 Å². The van der Waals surface area contributed by atoms with Gasteiger partial charge in [-0.3, -0.25) is 4.79 Å². The van der Waals surface area contributed by atoms with Gasteiger partial charge in [0.2, 0.25) is 0 Å². The maximum atomic E-state index is 13.6. The van der Waals surface area contributed by atoms with Crippen LogP contribution in [0.5, 0.6) is 5.75 Å². The summed E-state index contributed by atoms with van der Waals surface area (Å²) in [6.45, 7) is 6.49. The van der Waals surface area contributed by atoms with E-state index >= 15 is 0 Å². The van der Waals surface area contributed by atoms with Crippen LogP contribution in [0.2, 0.25) is 0 Å². The van der Waals surface area contributed by atoms with Gasteiger partial charge in [-0.15, -0.1) is 0 Å². The lowest BCUT2D eigenvalue weighted by atomic mass is 9.84. The quantitative estimate of drug-likeness (QED) is 0.227. The molecule has 1 heterocycles. The third-order valence-electron chi connectivity index (χ3n) is 7.79. The molecule has 0 bridgehead atoms. The molecule has 38 heavy (non-hydrogen) atoms. The Morgan fingerprint density at radius 2 is 1.74 bits per heavy atom. The molecule has 1 aromatic rings. The lowest BCUT2D eigenvalue weighted by Gasteiger charge is -2.39. The Hall–Kier alpha value is -2.85. The second-order valence-corrected chi connectivity index (χ2v) is 11.3. The standard InChI is InChI=1S/C29H41NO8/c1-17(2)7-6-11-28(3,37)25(34)10-12-29(4,38)26(35)16-30-22-13-18(31)14-24(33)21(22)15-20-19(27(30)36)8-5-9-23(20)32/h5,7-9,13-14,21-22,25-26,31-35,37-38H,6,10-12,15-16H2,1-4H3. The second-order valence-electron chi connectivity index (χ2n) is 11.3. The van der Waals surface area contributed by atoms with Crippen molar-refractivity contribution in [1.82, 2.24) is 4.90 Å². The first-order valence-electron chi connectivity index (χ1n) is 13.0. The van der Waals surface area contributed by atoms with Crippen LogP contribution in [0, 0.1) is 5.92 Å². The van der Waals surface area contributed by atoms with Gasteiger partial charge < -0.3 is 40.6 Å². The molecule has 0 fully saturated rings. The molecule has 2 aliphatic rings. The van der Waals surface area contributed by atoms with Gasteiger partial charge in [0.1, 0.15) is 17.3 Å². The number of carbonyl (C=O) groups is 1. The molecule has 210 valence electrons. The van der Waals surface area contributed by atoms with Gasteiger partial charge in [-0.05, 0) is 78.0 Å². The van der Waals surface area contributed by atoms with Gasteiger partial charge >= 0.3 is 0 Å². The van der Waals surface area contributed by atoms with Crippen molar-refractivity contribution in [3.8, 4) is 5.75 Å². The van der Waals surface area contributed by atoms with Crippen molar-refractivity contribution in [2.75, 3.05) is 6.54 Å². The molecular weight excluding hydrogens is 490 g/mol. The number of allylic oxidation sites excluding steroid dienone is 3. The molecule has 1 aliphatic heterocycles. The predicted octanol–water partition coefficient (Wildman–Crippen LogP) is 3.02. The molecule has 1 aromatic carbocycles. The molecule has 9 nitrogen and oxygen atoms in total. The predicted molar refractivity (Wildman–Crippen MR) is 143 cm³/mol. The lowest BCUT2D eigenvalue weighted by molar-refractivity contribution is -0.105. The molecule has 6 atom stereocenters. The summed E-state index contributed by atoms with van der Waals surface area (Å²) in [6.07, 6.45) is 2.94. The zero-order valence-corrected chi connectivity index (χ0v) is 22.5. The number of fused-ring (bicyclic) bond motifs is 2. The van der Waals surface area contributed by atoms with Crippen LogP contribution in [0.3, 0.4) is 0 Å². The minimum Gasteiger partial charge on any atom is -0.512 e. The van der Waals surface area contributed by atoms with E-state index in [0.717, 1.165) is 5.57 Å². The molecule has 1 amide bonds. The summed E-state index contributed by atoms with van der Waals surface area (Å²) >= 11 is 0. The first kappa shape index (κ1) is 29.7. The average Bonchev–Trinajstić information content (AvgIpc) is 2.93. The number of carbonyl (C=O) groups excluding carboxylic acids is 1. The van der Waals surface area contributed by atoms with Crippen molar-refractivity contribution in [2.24, 2.45) is 5.92 Å². The third kappa shape index (κ3) is 6.58. The molecule has 0 spiro atoms. The zero-order chi connectivity index (χ0) is 28.4. The number of nitrogens with zero attached hydrogens (tertiary/aromatic N) is 1. The Morgan fingerprint density at radius 3 is 2.39 bits per heavy atom. The Kier molecular flexibility index (Phi) is 8.98. The molecule has 0 saturated heterocycles. The van der Waals surface area contributed by atoms with E-state index in [1.807, 2.05) is 19.9 Å². The molecule has 0 radical (unpaired) electrons. The normalized spacial score (nSPS) is 24.0. The van der Waals surface area contributed by atoms with Crippen molar-refractivity contribution in [1.29, 1.82) is 0 Å². The third-order valence-corrected chi connectivity index (χ3v) is 7.79. The summed E-state index contributed by atoms with van der Waals surface area (Å²) in [6, 6.07) is 3.68. The highest BCUT2D eigenvalue weighted by molar-refractivity contribution is 5.97. The zero-order valence-electron chi connectivity index (χ0n) is 22.5. The fourth-order valence-corrected chi connectivity index (χ4v) is 5.12. The second kappa shape index (κ2) is 11.5. The number of benzene rings is 1. The molecular formula is C29H41NO8. The van der Waals surface area contributed by atoms with Gasteiger partial charge in [-0.25, -0.2) is 0 Å². The van der Waals surface area contributed by atoms with Crippen molar-refractivity contribution in [2.45, 2.75) is 89.3 Å². The molecule has 0 aromatic heterocycles. The van der Waals surface area contributed by atoms with Gasteiger partial charge in [0, 0.05) is 23.1 Å². The average molecular weight is 532 g/mol. The minimum atomic E-state index is -1.74. The van der Waals surface area contributed by atoms with E-state index in [2.05, 4.69) is 0 Å². The van der Waals surface area contributed by atoms with E-state index in [4.69, 9.17) is 0 Å². The topological polar surface area (TPSA) is 162 Å². The van der Waals surface area contributed by atoms with Crippen molar-refractivity contribution < 1.29 is 40.5 Å². The molecule has 3 rings (SSSR count). The maximum absolute atomic E-state index is 13.6. The number of phenolic OH excluding ortho intramolecular Hbond substituents is 1. The fraction of sp³-hybridized carbons (Fsp3) is 0.552. The monoisotopic (exact) mass is 531 g/mol. The molecule has 0 saturated carbocycles. The van der Waals surface area contributed by atoms with Crippen LogP contribution in [0.1, 0.15) is 69.3 Å². The number of β-amino-alcohol motifs (C(OH)–C–C–N with tert-alkyl or cyclic N) is 1. The first-order valence-corrected chi connectivity index (χ1v) is 13.0. The smallest absolute Gasteiger partial charge is 0.254 e. The van der Waals surface area contributed by atoms with Gasteiger partial charge in [-0.2, -0.15) is 0 Å². The van der Waals surface area contributed by atoms with E-state index < -0.39 is 41.3 Å². The Bertz CT molecular complexity index is 1120. The largest absolute Gasteiger partial charge is 0.512 e. The summed E-state index contributed by atoms with van der Waals surface area (Å²) in [5.74, 6) is -1.71. The molecule has 9 heteroatoms. The number of aliphatic hydroxyl groups excluding tert-OH is 4. The highest BCUT2D eigenvalue weighted by Gasteiger charge is 2.43. The number of hydrogen-bond acceptors (Lipinski definition) is 8. The summed E-state index contributed by atoms with van der Waals surface area (Å²) < 4.78 is 0. The van der Waals surface area contributed by atoms with Gasteiger partial charge in [0.05, 0.1) is 36.0 Å². The number of hydrogen-bond donors (Lipinski definition) is 7. The maximum Gasteiger partial charge on any atom is 0.254 e. The molecule has 7 N–H and O–H groups in total. The Balaban J connectivity index is 1.79. The van der Waals surface area contributed by atoms with E-state index in [9.17, 15) is 40.5 Å². The number of amides is 1. The number of aliphatic hydroxyl groups is 6. The minimum absolute atomic E-state index is 0.00675. The number of phenols is 1. The Morgan fingerprint density at radius 1 is 1.08 bits per heavy atom. The van der Waals surface area contributed by atoms with Crippen LogP contribution >= 0.6 is 0 Å². The van der Waals surface area contributed by atoms with Crippen LogP contribution in [0.4, 0.5) is 0 Å². The van der Waals surface area contributed by atoms with E-state index in [1.165, 1.54) is 43.0 Å². The first-order chi connectivity index (χ1) is 17.6. The van der Waals surface area contributed by atoms with Crippen molar-refractivity contribution in [3.63, 3.8) is 0 Å². The summed E-state index contributed by atoms with van der Waals surface area (Å²) in [5, 5.41) is 74.7. The lowest BCUT2D eigenvalue weighted by Crippen LogP contribution is -2.53.